The molecule has 192 valence electrons. The van der Waals surface area contributed by atoms with E-state index in [2.05, 4.69) is 4.98 Å². The number of hydrogen-bond acceptors (Lipinski definition) is 4. The third-order valence-corrected chi connectivity index (χ3v) is 6.45. The number of allylic oxidation sites excluding steroid dienone is 2. The number of H-pyrrole nitrogens is 1. The van der Waals surface area contributed by atoms with Crippen LogP contribution in [0.2, 0.25) is 0 Å². The monoisotopic (exact) mass is 513 g/mol. The molecule has 1 heterocycles. The van der Waals surface area contributed by atoms with E-state index >= 15 is 0 Å². The topological polar surface area (TPSA) is 68.4 Å². The predicted octanol–water partition coefficient (Wildman–Crippen LogP) is 7.64. The van der Waals surface area contributed by atoms with Crippen LogP contribution in [-0.2, 0) is 0 Å². The number of methoxy groups -OCH3 is 2. The highest BCUT2D eigenvalue weighted by Gasteiger charge is 2.27. The van der Waals surface area contributed by atoms with Crippen LogP contribution in [0, 0.1) is 0 Å². The van der Waals surface area contributed by atoms with E-state index in [1.54, 1.807) is 25.3 Å². The number of carbonyl (C=O) groups excluding carboxylic acids is 2. The minimum atomic E-state index is -0.261. The fourth-order valence-corrected chi connectivity index (χ4v) is 4.60. The minimum absolute atomic E-state index is 0.229. The van der Waals surface area contributed by atoms with Crippen molar-refractivity contribution in [1.29, 1.82) is 0 Å². The first-order valence-corrected chi connectivity index (χ1v) is 12.5. The molecule has 0 aliphatic rings. The second-order valence-electron chi connectivity index (χ2n) is 8.86. The Labute approximate surface area is 227 Å². The van der Waals surface area contributed by atoms with E-state index in [0.29, 0.717) is 39.2 Å². The lowest BCUT2D eigenvalue weighted by molar-refractivity contribution is 0.103. The first-order valence-electron chi connectivity index (χ1n) is 12.5. The molecule has 0 spiro atoms. The summed E-state index contributed by atoms with van der Waals surface area (Å²) in [6.07, 6.45) is 6.58. The van der Waals surface area contributed by atoms with Gasteiger partial charge >= 0.3 is 0 Å². The molecule has 4 aromatic carbocycles. The van der Waals surface area contributed by atoms with Crippen molar-refractivity contribution in [3.8, 4) is 22.6 Å². The quantitative estimate of drug-likeness (QED) is 0.162. The highest BCUT2D eigenvalue weighted by molar-refractivity contribution is 6.23. The molecule has 5 heteroatoms. The third-order valence-electron chi connectivity index (χ3n) is 6.45. The molecule has 0 saturated carbocycles. The highest BCUT2D eigenvalue weighted by Crippen LogP contribution is 2.43. The van der Waals surface area contributed by atoms with Gasteiger partial charge in [-0.15, -0.1) is 0 Å². The molecule has 1 N–H and O–H groups in total. The number of fused-ring (bicyclic) bond motifs is 1. The average Bonchev–Trinajstić information content (AvgIpc) is 3.40. The largest absolute Gasteiger partial charge is 0.496 e. The van der Waals surface area contributed by atoms with Crippen LogP contribution in [0.1, 0.15) is 32.0 Å². The Kier molecular flexibility index (Phi) is 7.51. The Balaban J connectivity index is 1.73. The Hall–Kier alpha value is -5.16. The van der Waals surface area contributed by atoms with Gasteiger partial charge in [-0.2, -0.15) is 0 Å². The third kappa shape index (κ3) is 5.29. The number of benzene rings is 4. The molecular formula is C34H27NO4. The fourth-order valence-electron chi connectivity index (χ4n) is 4.60. The Morgan fingerprint density at radius 1 is 0.667 bits per heavy atom. The summed E-state index contributed by atoms with van der Waals surface area (Å²) < 4.78 is 11.4. The predicted molar refractivity (Wildman–Crippen MR) is 156 cm³/mol. The van der Waals surface area contributed by atoms with Crippen LogP contribution in [0.4, 0.5) is 0 Å². The zero-order chi connectivity index (χ0) is 27.2. The van der Waals surface area contributed by atoms with E-state index < -0.39 is 0 Å². The van der Waals surface area contributed by atoms with Crippen LogP contribution >= 0.6 is 0 Å². The summed E-state index contributed by atoms with van der Waals surface area (Å²) in [7, 11) is 3.07. The van der Waals surface area contributed by atoms with Crippen molar-refractivity contribution < 1.29 is 19.1 Å². The minimum Gasteiger partial charge on any atom is -0.496 e. The molecule has 0 amide bonds. The fraction of sp³-hybridized carbons (Fsp3) is 0.0588. The number of carbonyl (C=O) groups is 2. The number of aromatic amines is 1. The van der Waals surface area contributed by atoms with Crippen molar-refractivity contribution in [3.05, 3.63) is 132 Å². The van der Waals surface area contributed by atoms with Crippen LogP contribution in [-0.4, -0.2) is 30.8 Å². The van der Waals surface area contributed by atoms with E-state index in [1.165, 1.54) is 19.3 Å². The summed E-state index contributed by atoms with van der Waals surface area (Å²) in [6.45, 7) is 0. The van der Waals surface area contributed by atoms with Gasteiger partial charge in [0.15, 0.2) is 5.78 Å². The number of ether oxygens (including phenoxy) is 2. The first-order chi connectivity index (χ1) is 19.1. The van der Waals surface area contributed by atoms with Gasteiger partial charge in [-0.25, -0.2) is 0 Å². The molecule has 0 fully saturated rings. The van der Waals surface area contributed by atoms with Crippen molar-refractivity contribution in [3.63, 3.8) is 0 Å². The standard InChI is InChI=1S/C34H27NO4/c1-38-28-22-29(39-2)32-30(25-16-10-5-11-17-25)33(27(37)21-19-24-14-8-4-9-15-24)35-34(32)31(28)26(36)20-18-23-12-6-3-7-13-23/h3-22,35H,1-2H3/b20-18+,21-19+. The molecule has 5 nitrogen and oxygen atoms in total. The summed E-state index contributed by atoms with van der Waals surface area (Å²) >= 11 is 0. The van der Waals surface area contributed by atoms with Crippen LogP contribution in [0.15, 0.2) is 109 Å². The van der Waals surface area contributed by atoms with Gasteiger partial charge in [0.05, 0.1) is 36.4 Å². The van der Waals surface area contributed by atoms with Crippen LogP contribution in [0.25, 0.3) is 34.2 Å². The second kappa shape index (κ2) is 11.5. The molecule has 5 aromatic rings. The van der Waals surface area contributed by atoms with Gasteiger partial charge in [-0.05, 0) is 28.8 Å². The maximum Gasteiger partial charge on any atom is 0.202 e. The van der Waals surface area contributed by atoms with Crippen molar-refractivity contribution in [2.45, 2.75) is 0 Å². The Bertz CT molecular complexity index is 1680. The lowest BCUT2D eigenvalue weighted by atomic mass is 9.96. The van der Waals surface area contributed by atoms with Gasteiger partial charge in [-0.3, -0.25) is 9.59 Å². The normalized spacial score (nSPS) is 11.3. The van der Waals surface area contributed by atoms with Crippen molar-refractivity contribution in [2.75, 3.05) is 14.2 Å². The van der Waals surface area contributed by atoms with Crippen molar-refractivity contribution in [2.24, 2.45) is 0 Å². The van der Waals surface area contributed by atoms with Crippen LogP contribution in [0.3, 0.4) is 0 Å². The number of ketones is 2. The summed E-state index contributed by atoms with van der Waals surface area (Å²) in [4.78, 5) is 30.5. The Morgan fingerprint density at radius 3 is 1.72 bits per heavy atom. The molecule has 1 aromatic heterocycles. The van der Waals surface area contributed by atoms with Gasteiger partial charge in [0.25, 0.3) is 0 Å². The van der Waals surface area contributed by atoms with E-state index in [9.17, 15) is 9.59 Å². The molecule has 0 saturated heterocycles. The first kappa shape index (κ1) is 25.5. The van der Waals surface area contributed by atoms with E-state index in [-0.39, 0.29) is 11.6 Å². The lowest BCUT2D eigenvalue weighted by Crippen LogP contribution is -2.02. The summed E-state index contributed by atoms with van der Waals surface area (Å²) in [5.74, 6) is 0.351. The number of hydrogen-bond donors (Lipinski definition) is 1. The molecule has 0 aliphatic heterocycles. The SMILES string of the molecule is COc1cc(OC)c2c(-c3ccccc3)c(C(=O)/C=C/c3ccccc3)[nH]c2c1C(=O)/C=C/c1ccccc1. The zero-order valence-corrected chi connectivity index (χ0v) is 21.7. The van der Waals surface area contributed by atoms with Gasteiger partial charge < -0.3 is 14.5 Å². The van der Waals surface area contributed by atoms with Gasteiger partial charge in [0.2, 0.25) is 5.78 Å². The second-order valence-corrected chi connectivity index (χ2v) is 8.86. The summed E-state index contributed by atoms with van der Waals surface area (Å²) in [5.41, 5.74) is 4.44. The van der Waals surface area contributed by atoms with E-state index in [0.717, 1.165) is 16.7 Å². The summed E-state index contributed by atoms with van der Waals surface area (Å²) in [6, 6.07) is 30.5. The zero-order valence-electron chi connectivity index (χ0n) is 21.7. The van der Waals surface area contributed by atoms with Crippen molar-refractivity contribution >= 4 is 34.6 Å². The molecule has 0 atom stereocenters. The Morgan fingerprint density at radius 2 is 1.18 bits per heavy atom. The molecule has 0 aliphatic carbocycles. The van der Waals surface area contributed by atoms with Crippen LogP contribution < -0.4 is 9.47 Å². The maximum atomic E-state index is 13.6. The molecular weight excluding hydrogens is 486 g/mol. The number of rotatable bonds is 9. The van der Waals surface area contributed by atoms with Crippen molar-refractivity contribution in [1.82, 2.24) is 4.98 Å². The maximum absolute atomic E-state index is 13.6. The summed E-state index contributed by atoms with van der Waals surface area (Å²) in [5, 5.41) is 0.637. The van der Waals surface area contributed by atoms with E-state index in [4.69, 9.17) is 9.47 Å². The molecule has 0 radical (unpaired) electrons. The van der Waals surface area contributed by atoms with Crippen LogP contribution in [0.5, 0.6) is 11.5 Å². The molecule has 0 bridgehead atoms. The van der Waals surface area contributed by atoms with Gasteiger partial charge in [0, 0.05) is 11.6 Å². The smallest absolute Gasteiger partial charge is 0.202 e. The average molecular weight is 514 g/mol. The molecule has 39 heavy (non-hydrogen) atoms. The molecule has 0 unspecified atom stereocenters. The highest BCUT2D eigenvalue weighted by atomic mass is 16.5. The molecule has 5 rings (SSSR count). The van der Waals surface area contributed by atoms with Gasteiger partial charge in [-0.1, -0.05) is 103 Å². The van der Waals surface area contributed by atoms with Gasteiger partial charge in [0.1, 0.15) is 11.5 Å². The van der Waals surface area contributed by atoms with E-state index in [1.807, 2.05) is 91.0 Å². The number of aromatic nitrogens is 1. The number of nitrogens with one attached hydrogen (secondary N) is 1. The lowest BCUT2D eigenvalue weighted by Gasteiger charge is -2.12.